The molecule has 2 N–H and O–H groups in total. The molecule has 3 nitrogen and oxygen atoms in total. The molecule has 0 saturated carbocycles. The maximum Gasteiger partial charge on any atom is 0.0578 e. The van der Waals surface area contributed by atoms with Gasteiger partial charge in [0, 0.05) is 11.4 Å². The lowest BCUT2D eigenvalue weighted by Gasteiger charge is -2.14. The van der Waals surface area contributed by atoms with Gasteiger partial charge in [-0.15, -0.1) is 11.3 Å². The normalized spacial score (nSPS) is 12.1. The van der Waals surface area contributed by atoms with Crippen LogP contribution in [-0.2, 0) is 0 Å². The van der Waals surface area contributed by atoms with Gasteiger partial charge in [0.25, 0.3) is 0 Å². The quantitative estimate of drug-likeness (QED) is 0.845. The Balaban J connectivity index is 2.05. The molecule has 4 heteroatoms. The van der Waals surface area contributed by atoms with Gasteiger partial charge in [0.2, 0.25) is 0 Å². The van der Waals surface area contributed by atoms with Crippen molar-refractivity contribution in [3.63, 3.8) is 0 Å². The maximum atomic E-state index is 4.22. The first-order chi connectivity index (χ1) is 8.29. The van der Waals surface area contributed by atoms with Gasteiger partial charge >= 0.3 is 0 Å². The van der Waals surface area contributed by atoms with E-state index in [0.29, 0.717) is 6.04 Å². The summed E-state index contributed by atoms with van der Waals surface area (Å²) in [5, 5.41) is 8.81. The van der Waals surface area contributed by atoms with Gasteiger partial charge in [-0.05, 0) is 31.4 Å². The van der Waals surface area contributed by atoms with E-state index in [2.05, 4.69) is 53.0 Å². The van der Waals surface area contributed by atoms with Crippen LogP contribution in [0.15, 0.2) is 36.0 Å². The summed E-state index contributed by atoms with van der Waals surface area (Å²) in [4.78, 5) is 5.55. The van der Waals surface area contributed by atoms with Crippen LogP contribution in [0.1, 0.15) is 24.8 Å². The summed E-state index contributed by atoms with van der Waals surface area (Å²) < 4.78 is 0. The predicted molar refractivity (Wildman–Crippen MR) is 74.8 cm³/mol. The molecule has 0 aromatic carbocycles. The van der Waals surface area contributed by atoms with Gasteiger partial charge in [0.1, 0.15) is 0 Å². The predicted octanol–water partition coefficient (Wildman–Crippen LogP) is 3.75. The van der Waals surface area contributed by atoms with E-state index in [1.54, 1.807) is 11.3 Å². The van der Waals surface area contributed by atoms with Crippen molar-refractivity contribution in [3.05, 3.63) is 40.8 Å². The zero-order valence-corrected chi connectivity index (χ0v) is 10.9. The van der Waals surface area contributed by atoms with E-state index in [9.17, 15) is 0 Å². The van der Waals surface area contributed by atoms with E-state index in [1.165, 1.54) is 4.88 Å². The van der Waals surface area contributed by atoms with Crippen molar-refractivity contribution in [1.82, 2.24) is 4.98 Å². The Kier molecular flexibility index (Phi) is 3.98. The highest BCUT2D eigenvalue weighted by Crippen LogP contribution is 2.23. The molecule has 90 valence electrons. The zero-order valence-electron chi connectivity index (χ0n) is 10.1. The van der Waals surface area contributed by atoms with Crippen molar-refractivity contribution in [3.8, 4) is 0 Å². The van der Waals surface area contributed by atoms with Crippen LogP contribution in [-0.4, -0.2) is 11.5 Å². The van der Waals surface area contributed by atoms with Gasteiger partial charge in [-0.25, -0.2) is 0 Å². The summed E-state index contributed by atoms with van der Waals surface area (Å²) >= 11 is 1.77. The third kappa shape index (κ3) is 3.20. The number of nitrogens with zero attached hydrogens (tertiary/aromatic N) is 1. The molecule has 0 aliphatic heterocycles. The van der Waals surface area contributed by atoms with Crippen LogP contribution in [0.5, 0.6) is 0 Å². The van der Waals surface area contributed by atoms with Crippen molar-refractivity contribution in [2.45, 2.75) is 19.9 Å². The van der Waals surface area contributed by atoms with Crippen molar-refractivity contribution in [2.24, 2.45) is 0 Å². The number of thiophene rings is 1. The number of anilines is 2. The van der Waals surface area contributed by atoms with Crippen LogP contribution in [0.4, 0.5) is 11.4 Å². The Morgan fingerprint density at radius 1 is 1.35 bits per heavy atom. The molecule has 2 rings (SSSR count). The number of aromatic nitrogens is 1. The van der Waals surface area contributed by atoms with Gasteiger partial charge in [-0.2, -0.15) is 0 Å². The Morgan fingerprint density at radius 2 is 2.18 bits per heavy atom. The SMILES string of the molecule is CCNc1cncc(NC(C)c2cccs2)c1. The molecule has 2 aromatic rings. The van der Waals surface area contributed by atoms with Crippen molar-refractivity contribution >= 4 is 22.7 Å². The molecule has 1 atom stereocenters. The molecule has 0 fully saturated rings. The Bertz CT molecular complexity index is 453. The van der Waals surface area contributed by atoms with Gasteiger partial charge in [0.15, 0.2) is 0 Å². The van der Waals surface area contributed by atoms with Crippen molar-refractivity contribution < 1.29 is 0 Å². The molecule has 2 aromatic heterocycles. The lowest BCUT2D eigenvalue weighted by Crippen LogP contribution is -2.06. The fourth-order valence-corrected chi connectivity index (χ4v) is 2.41. The van der Waals surface area contributed by atoms with Crippen molar-refractivity contribution in [1.29, 1.82) is 0 Å². The first kappa shape index (κ1) is 11.9. The molecule has 0 aliphatic carbocycles. The van der Waals surface area contributed by atoms with E-state index in [0.717, 1.165) is 17.9 Å². The van der Waals surface area contributed by atoms with Crippen LogP contribution in [0.25, 0.3) is 0 Å². The van der Waals surface area contributed by atoms with E-state index >= 15 is 0 Å². The lowest BCUT2D eigenvalue weighted by molar-refractivity contribution is 0.906. The number of rotatable bonds is 5. The summed E-state index contributed by atoms with van der Waals surface area (Å²) in [6, 6.07) is 6.62. The Labute approximate surface area is 106 Å². The fraction of sp³-hybridized carbons (Fsp3) is 0.308. The van der Waals surface area contributed by atoms with E-state index in [-0.39, 0.29) is 0 Å². The second-order valence-corrected chi connectivity index (χ2v) is 4.85. The third-order valence-corrected chi connectivity index (χ3v) is 3.53. The highest BCUT2D eigenvalue weighted by Gasteiger charge is 2.06. The summed E-state index contributed by atoms with van der Waals surface area (Å²) in [5.41, 5.74) is 2.10. The maximum absolute atomic E-state index is 4.22. The first-order valence-corrected chi connectivity index (χ1v) is 6.66. The molecule has 0 amide bonds. The fourth-order valence-electron chi connectivity index (χ4n) is 1.68. The van der Waals surface area contributed by atoms with Gasteiger partial charge in [0.05, 0.1) is 29.8 Å². The lowest BCUT2D eigenvalue weighted by atomic mass is 10.2. The van der Waals surface area contributed by atoms with Crippen LogP contribution in [0.3, 0.4) is 0 Å². The molecular formula is C13H17N3S. The highest BCUT2D eigenvalue weighted by atomic mass is 32.1. The molecule has 0 radical (unpaired) electrons. The molecule has 0 saturated heterocycles. The number of hydrogen-bond acceptors (Lipinski definition) is 4. The molecule has 0 spiro atoms. The monoisotopic (exact) mass is 247 g/mol. The average molecular weight is 247 g/mol. The molecule has 0 aliphatic rings. The van der Waals surface area contributed by atoms with Crippen LogP contribution < -0.4 is 10.6 Å². The molecule has 17 heavy (non-hydrogen) atoms. The highest BCUT2D eigenvalue weighted by molar-refractivity contribution is 7.10. The minimum Gasteiger partial charge on any atom is -0.384 e. The van der Waals surface area contributed by atoms with Crippen LogP contribution in [0, 0.1) is 0 Å². The number of pyridine rings is 1. The number of nitrogens with one attached hydrogen (secondary N) is 2. The topological polar surface area (TPSA) is 37.0 Å². The summed E-state index contributed by atoms with van der Waals surface area (Å²) in [5.74, 6) is 0. The summed E-state index contributed by atoms with van der Waals surface area (Å²) in [6.07, 6.45) is 3.69. The molecule has 2 heterocycles. The standard InChI is InChI=1S/C13H17N3S/c1-3-15-11-7-12(9-14-8-11)16-10(2)13-5-4-6-17-13/h4-10,15-16H,3H2,1-2H3. The Morgan fingerprint density at radius 3 is 2.88 bits per heavy atom. The molecule has 0 bridgehead atoms. The van der Waals surface area contributed by atoms with E-state index in [4.69, 9.17) is 0 Å². The summed E-state index contributed by atoms with van der Waals surface area (Å²) in [7, 11) is 0. The second-order valence-electron chi connectivity index (χ2n) is 3.87. The van der Waals surface area contributed by atoms with Gasteiger partial charge in [-0.3, -0.25) is 4.98 Å². The zero-order chi connectivity index (χ0) is 12.1. The largest absolute Gasteiger partial charge is 0.384 e. The summed E-state index contributed by atoms with van der Waals surface area (Å²) in [6.45, 7) is 5.14. The smallest absolute Gasteiger partial charge is 0.0578 e. The third-order valence-electron chi connectivity index (χ3n) is 2.47. The van der Waals surface area contributed by atoms with Crippen LogP contribution >= 0.6 is 11.3 Å². The number of hydrogen-bond donors (Lipinski definition) is 2. The van der Waals surface area contributed by atoms with Crippen molar-refractivity contribution in [2.75, 3.05) is 17.2 Å². The van der Waals surface area contributed by atoms with Gasteiger partial charge in [-0.1, -0.05) is 6.07 Å². The van der Waals surface area contributed by atoms with Gasteiger partial charge < -0.3 is 10.6 Å². The first-order valence-electron chi connectivity index (χ1n) is 5.78. The average Bonchev–Trinajstić information content (AvgIpc) is 2.83. The molecule has 1 unspecified atom stereocenters. The van der Waals surface area contributed by atoms with Crippen LogP contribution in [0.2, 0.25) is 0 Å². The molecular weight excluding hydrogens is 230 g/mol. The minimum absolute atomic E-state index is 0.314. The van der Waals surface area contributed by atoms with E-state index < -0.39 is 0 Å². The van der Waals surface area contributed by atoms with E-state index in [1.807, 2.05) is 12.4 Å². The second kappa shape index (κ2) is 5.68. The Hall–Kier alpha value is -1.55. The minimum atomic E-state index is 0.314.